The highest BCUT2D eigenvalue weighted by Gasteiger charge is 2.36. The first-order chi connectivity index (χ1) is 16.5. The largest absolute Gasteiger partial charge is 0.489 e. The third-order valence-corrected chi connectivity index (χ3v) is 4.96. The van der Waals surface area contributed by atoms with E-state index in [0.717, 1.165) is 10.5 Å². The molecule has 3 aromatic rings. The van der Waals surface area contributed by atoms with E-state index >= 15 is 0 Å². The number of amides is 4. The number of anilines is 1. The van der Waals surface area contributed by atoms with E-state index in [1.807, 2.05) is 30.3 Å². The Hall–Kier alpha value is -4.83. The molecule has 4 amide bonds. The number of hydrogen-bond acceptors (Lipinski definition) is 5. The van der Waals surface area contributed by atoms with Gasteiger partial charge in [0, 0.05) is 0 Å². The number of carbonyl (C=O) groups is 3. The van der Waals surface area contributed by atoms with Crippen molar-refractivity contribution in [3.8, 4) is 23.8 Å². The maximum absolute atomic E-state index is 13.1. The molecule has 3 aromatic carbocycles. The number of carbonyl (C=O) groups excluding carboxylic acids is 3. The Morgan fingerprint density at radius 2 is 1.50 bits per heavy atom. The third-order valence-electron chi connectivity index (χ3n) is 4.96. The molecule has 0 unspecified atom stereocenters. The van der Waals surface area contributed by atoms with Gasteiger partial charge in [0.2, 0.25) is 0 Å². The van der Waals surface area contributed by atoms with Gasteiger partial charge in [-0.2, -0.15) is 0 Å². The van der Waals surface area contributed by atoms with Crippen LogP contribution in [-0.4, -0.2) is 24.5 Å². The Kier molecular flexibility index (Phi) is 6.70. The van der Waals surface area contributed by atoms with Crippen molar-refractivity contribution < 1.29 is 23.9 Å². The minimum absolute atomic E-state index is 0.133. The quantitative estimate of drug-likeness (QED) is 0.333. The molecule has 168 valence electrons. The molecule has 0 bridgehead atoms. The van der Waals surface area contributed by atoms with Crippen LogP contribution >= 0.6 is 0 Å². The van der Waals surface area contributed by atoms with Crippen molar-refractivity contribution in [3.63, 3.8) is 0 Å². The molecule has 7 nitrogen and oxygen atoms in total. The SMILES string of the molecule is C#CCOc1ccc(/C=C2\C(=O)NC(=O)N(c3ccc(OCc4ccccc4)cc3)C2=O)cc1. The van der Waals surface area contributed by atoms with Gasteiger partial charge in [-0.05, 0) is 53.6 Å². The molecule has 1 fully saturated rings. The summed E-state index contributed by atoms with van der Waals surface area (Å²) in [6.45, 7) is 0.520. The van der Waals surface area contributed by atoms with Crippen molar-refractivity contribution in [1.82, 2.24) is 5.32 Å². The molecule has 1 saturated heterocycles. The monoisotopic (exact) mass is 452 g/mol. The zero-order valence-corrected chi connectivity index (χ0v) is 18.1. The molecule has 1 heterocycles. The van der Waals surface area contributed by atoms with Gasteiger partial charge in [-0.25, -0.2) is 9.69 Å². The van der Waals surface area contributed by atoms with Gasteiger partial charge in [0.05, 0.1) is 5.69 Å². The smallest absolute Gasteiger partial charge is 0.335 e. The van der Waals surface area contributed by atoms with Gasteiger partial charge in [0.25, 0.3) is 11.8 Å². The van der Waals surface area contributed by atoms with Crippen molar-refractivity contribution in [2.45, 2.75) is 6.61 Å². The van der Waals surface area contributed by atoms with Crippen LogP contribution < -0.4 is 19.7 Å². The van der Waals surface area contributed by atoms with Crippen molar-refractivity contribution in [2.75, 3.05) is 11.5 Å². The zero-order chi connectivity index (χ0) is 23.9. The maximum atomic E-state index is 13.1. The molecule has 4 rings (SSSR count). The van der Waals surface area contributed by atoms with Crippen LogP contribution in [0.5, 0.6) is 11.5 Å². The number of hydrogen-bond donors (Lipinski definition) is 1. The number of benzene rings is 3. The highest BCUT2D eigenvalue weighted by molar-refractivity contribution is 6.39. The second-order valence-electron chi connectivity index (χ2n) is 7.29. The van der Waals surface area contributed by atoms with Crippen LogP contribution in [0.15, 0.2) is 84.4 Å². The Morgan fingerprint density at radius 3 is 2.18 bits per heavy atom. The first-order valence-corrected chi connectivity index (χ1v) is 10.4. The number of imide groups is 2. The fourth-order valence-corrected chi connectivity index (χ4v) is 3.28. The van der Waals surface area contributed by atoms with Gasteiger partial charge in [0.15, 0.2) is 0 Å². The molecule has 0 aromatic heterocycles. The van der Waals surface area contributed by atoms with Crippen LogP contribution in [0.2, 0.25) is 0 Å². The topological polar surface area (TPSA) is 84.9 Å². The second-order valence-corrected chi connectivity index (χ2v) is 7.29. The summed E-state index contributed by atoms with van der Waals surface area (Å²) in [5.74, 6) is 2.03. The van der Waals surface area contributed by atoms with Gasteiger partial charge >= 0.3 is 6.03 Å². The first-order valence-electron chi connectivity index (χ1n) is 10.4. The fraction of sp³-hybridized carbons (Fsp3) is 0.0741. The zero-order valence-electron chi connectivity index (χ0n) is 18.1. The summed E-state index contributed by atoms with van der Waals surface area (Å²) >= 11 is 0. The summed E-state index contributed by atoms with van der Waals surface area (Å²) in [6, 6.07) is 22.1. The van der Waals surface area contributed by atoms with Crippen LogP contribution in [0.4, 0.5) is 10.5 Å². The van der Waals surface area contributed by atoms with Crippen LogP contribution in [0, 0.1) is 12.3 Å². The summed E-state index contributed by atoms with van der Waals surface area (Å²) in [7, 11) is 0. The molecule has 1 N–H and O–H groups in total. The molecule has 1 aliphatic rings. The van der Waals surface area contributed by atoms with Gasteiger partial charge < -0.3 is 9.47 Å². The maximum Gasteiger partial charge on any atom is 0.335 e. The summed E-state index contributed by atoms with van der Waals surface area (Å²) in [5.41, 5.74) is 1.75. The van der Waals surface area contributed by atoms with E-state index in [-0.39, 0.29) is 12.2 Å². The lowest BCUT2D eigenvalue weighted by molar-refractivity contribution is -0.122. The normalized spacial score (nSPS) is 14.5. The van der Waals surface area contributed by atoms with E-state index < -0.39 is 17.8 Å². The van der Waals surface area contributed by atoms with Crippen LogP contribution in [0.25, 0.3) is 6.08 Å². The lowest BCUT2D eigenvalue weighted by atomic mass is 10.1. The van der Waals surface area contributed by atoms with Gasteiger partial charge in [-0.1, -0.05) is 48.4 Å². The van der Waals surface area contributed by atoms with Crippen molar-refractivity contribution >= 4 is 29.6 Å². The molecule has 0 aliphatic carbocycles. The number of nitrogens with one attached hydrogen (secondary N) is 1. The van der Waals surface area contributed by atoms with Crippen molar-refractivity contribution in [2.24, 2.45) is 0 Å². The van der Waals surface area contributed by atoms with E-state index in [9.17, 15) is 14.4 Å². The summed E-state index contributed by atoms with van der Waals surface area (Å²) in [5, 5.41) is 2.21. The molecule has 0 radical (unpaired) electrons. The predicted octanol–water partition coefficient (Wildman–Crippen LogP) is 3.94. The Morgan fingerprint density at radius 1 is 0.853 bits per heavy atom. The van der Waals surface area contributed by atoms with Crippen LogP contribution in [0.3, 0.4) is 0 Å². The van der Waals surface area contributed by atoms with E-state index in [2.05, 4.69) is 11.2 Å². The van der Waals surface area contributed by atoms with E-state index in [1.54, 1.807) is 48.5 Å². The molecular weight excluding hydrogens is 432 g/mol. The third kappa shape index (κ3) is 5.14. The van der Waals surface area contributed by atoms with E-state index in [0.29, 0.717) is 29.4 Å². The number of urea groups is 1. The number of barbiturate groups is 1. The Balaban J connectivity index is 1.50. The highest BCUT2D eigenvalue weighted by Crippen LogP contribution is 2.25. The minimum atomic E-state index is -0.817. The number of ether oxygens (including phenoxy) is 2. The molecule has 0 spiro atoms. The molecule has 0 saturated carbocycles. The summed E-state index contributed by atoms with van der Waals surface area (Å²) in [6.07, 6.45) is 6.59. The lowest BCUT2D eigenvalue weighted by Crippen LogP contribution is -2.54. The van der Waals surface area contributed by atoms with E-state index in [4.69, 9.17) is 15.9 Å². The van der Waals surface area contributed by atoms with Crippen LogP contribution in [-0.2, 0) is 16.2 Å². The van der Waals surface area contributed by atoms with Gasteiger partial charge in [-0.15, -0.1) is 6.42 Å². The van der Waals surface area contributed by atoms with Gasteiger partial charge in [0.1, 0.15) is 30.3 Å². The standard InChI is InChI=1S/C27H20N2O5/c1-2-16-33-22-12-8-19(9-13-22)17-24-25(30)28-27(32)29(26(24)31)21-10-14-23(15-11-21)34-18-20-6-4-3-5-7-20/h1,3-15,17H,16,18H2,(H,28,30,32)/b24-17+. The van der Waals surface area contributed by atoms with Crippen molar-refractivity contribution in [1.29, 1.82) is 0 Å². The fourth-order valence-electron chi connectivity index (χ4n) is 3.28. The molecule has 0 atom stereocenters. The first kappa shape index (κ1) is 22.4. The Bertz CT molecular complexity index is 1270. The molecular formula is C27H20N2O5. The highest BCUT2D eigenvalue weighted by atomic mass is 16.5. The second kappa shape index (κ2) is 10.2. The molecule has 7 heteroatoms. The number of nitrogens with zero attached hydrogens (tertiary/aromatic N) is 1. The van der Waals surface area contributed by atoms with Gasteiger partial charge in [-0.3, -0.25) is 14.9 Å². The average molecular weight is 452 g/mol. The predicted molar refractivity (Wildman–Crippen MR) is 127 cm³/mol. The van der Waals surface area contributed by atoms with Crippen LogP contribution in [0.1, 0.15) is 11.1 Å². The van der Waals surface area contributed by atoms with Crippen molar-refractivity contribution in [3.05, 3.63) is 95.6 Å². The summed E-state index contributed by atoms with van der Waals surface area (Å²) < 4.78 is 11.1. The molecule has 1 aliphatic heterocycles. The van der Waals surface area contributed by atoms with E-state index in [1.165, 1.54) is 6.08 Å². The number of terminal acetylenes is 1. The summed E-state index contributed by atoms with van der Waals surface area (Å²) in [4.78, 5) is 38.8. The average Bonchev–Trinajstić information content (AvgIpc) is 2.86. The molecule has 34 heavy (non-hydrogen) atoms. The number of rotatable bonds is 7. The minimum Gasteiger partial charge on any atom is -0.489 e. The lowest BCUT2D eigenvalue weighted by Gasteiger charge is -2.26. The Labute approximate surface area is 196 Å².